The first-order chi connectivity index (χ1) is 10.7. The number of fused-ring (bicyclic) bond motifs is 1. The summed E-state index contributed by atoms with van der Waals surface area (Å²) < 4.78 is 16.5. The van der Waals surface area contributed by atoms with Gasteiger partial charge in [-0.25, -0.2) is 0 Å². The van der Waals surface area contributed by atoms with E-state index in [1.54, 1.807) is 19.2 Å². The number of nitrogens with two attached hydrogens (primary N) is 1. The molecule has 2 aliphatic rings. The third kappa shape index (κ3) is 3.48. The second-order valence-electron chi connectivity index (χ2n) is 5.59. The van der Waals surface area contributed by atoms with Gasteiger partial charge in [0, 0.05) is 24.7 Å². The summed E-state index contributed by atoms with van der Waals surface area (Å²) in [7, 11) is 1.56. The number of benzene rings is 1. The minimum Gasteiger partial charge on any atom is -0.493 e. The molecule has 1 aromatic rings. The molecule has 2 aliphatic heterocycles. The predicted molar refractivity (Wildman–Crippen MR) is 89.0 cm³/mol. The van der Waals surface area contributed by atoms with Gasteiger partial charge in [-0.15, -0.1) is 12.4 Å². The van der Waals surface area contributed by atoms with Crippen LogP contribution in [-0.2, 0) is 0 Å². The van der Waals surface area contributed by atoms with Crippen LogP contribution in [0.3, 0.4) is 0 Å². The lowest BCUT2D eigenvalue weighted by Crippen LogP contribution is -2.47. The number of likely N-dealkylation sites (tertiary alicyclic amines) is 1. The fourth-order valence-electron chi connectivity index (χ4n) is 3.08. The predicted octanol–water partition coefficient (Wildman–Crippen LogP) is 1.84. The van der Waals surface area contributed by atoms with Crippen molar-refractivity contribution in [3.05, 3.63) is 17.7 Å². The van der Waals surface area contributed by atoms with Gasteiger partial charge in [0.2, 0.25) is 5.75 Å². The Hall–Kier alpha value is -1.66. The molecular weight excluding hydrogens is 320 g/mol. The summed E-state index contributed by atoms with van der Waals surface area (Å²) in [5.41, 5.74) is 6.37. The fourth-order valence-corrected chi connectivity index (χ4v) is 3.08. The van der Waals surface area contributed by atoms with Gasteiger partial charge < -0.3 is 24.8 Å². The molecular formula is C16H23ClN2O4. The van der Waals surface area contributed by atoms with Gasteiger partial charge in [0.05, 0.1) is 7.11 Å². The van der Waals surface area contributed by atoms with Gasteiger partial charge in [0.15, 0.2) is 11.5 Å². The molecule has 1 fully saturated rings. The smallest absolute Gasteiger partial charge is 0.254 e. The summed E-state index contributed by atoms with van der Waals surface area (Å²) in [5.74, 6) is 1.64. The van der Waals surface area contributed by atoms with E-state index < -0.39 is 0 Å². The average Bonchev–Trinajstić information content (AvgIpc) is 2.60. The molecule has 1 saturated heterocycles. The number of amides is 1. The topological polar surface area (TPSA) is 74.0 Å². The normalized spacial score (nSPS) is 19.7. The van der Waals surface area contributed by atoms with Crippen molar-refractivity contribution in [3.63, 3.8) is 0 Å². The number of methoxy groups -OCH3 is 1. The first-order valence-electron chi connectivity index (χ1n) is 7.73. The van der Waals surface area contributed by atoms with E-state index in [1.807, 2.05) is 4.90 Å². The van der Waals surface area contributed by atoms with Crippen LogP contribution >= 0.6 is 12.4 Å². The number of carbonyl (C=O) groups excluding carboxylic acids is 1. The molecule has 0 spiro atoms. The van der Waals surface area contributed by atoms with Crippen LogP contribution in [0.5, 0.6) is 17.2 Å². The molecule has 2 N–H and O–H groups in total. The molecule has 0 saturated carbocycles. The van der Waals surface area contributed by atoms with Crippen LogP contribution in [0.15, 0.2) is 12.1 Å². The van der Waals surface area contributed by atoms with E-state index in [0.29, 0.717) is 42.6 Å². The third-order valence-corrected chi connectivity index (χ3v) is 4.24. The number of ether oxygens (including phenoxy) is 3. The van der Waals surface area contributed by atoms with Gasteiger partial charge in [-0.3, -0.25) is 4.79 Å². The first kappa shape index (κ1) is 17.7. The number of hydrogen-bond acceptors (Lipinski definition) is 5. The SMILES string of the molecule is COc1cc(C(=O)N2CCCCC2CN)cc2c1OCCO2.Cl. The van der Waals surface area contributed by atoms with Crippen LogP contribution in [0.4, 0.5) is 0 Å². The molecule has 7 heteroatoms. The van der Waals surface area contributed by atoms with Gasteiger partial charge in [0.25, 0.3) is 5.91 Å². The van der Waals surface area contributed by atoms with E-state index in [-0.39, 0.29) is 24.4 Å². The third-order valence-electron chi connectivity index (χ3n) is 4.24. The zero-order valence-electron chi connectivity index (χ0n) is 13.2. The van der Waals surface area contributed by atoms with E-state index in [4.69, 9.17) is 19.9 Å². The molecule has 0 bridgehead atoms. The second-order valence-corrected chi connectivity index (χ2v) is 5.59. The Labute approximate surface area is 142 Å². The van der Waals surface area contributed by atoms with Crippen molar-refractivity contribution >= 4 is 18.3 Å². The monoisotopic (exact) mass is 342 g/mol. The highest BCUT2D eigenvalue weighted by molar-refractivity contribution is 5.96. The van der Waals surface area contributed by atoms with Gasteiger partial charge in [-0.05, 0) is 31.4 Å². The van der Waals surface area contributed by atoms with Crippen molar-refractivity contribution in [1.29, 1.82) is 0 Å². The van der Waals surface area contributed by atoms with Crippen LogP contribution in [0.25, 0.3) is 0 Å². The Balaban J connectivity index is 0.00000192. The molecule has 1 aromatic carbocycles. The highest BCUT2D eigenvalue weighted by atomic mass is 35.5. The van der Waals surface area contributed by atoms with Crippen LogP contribution in [0.2, 0.25) is 0 Å². The molecule has 1 atom stereocenters. The quantitative estimate of drug-likeness (QED) is 0.907. The molecule has 3 rings (SSSR count). The zero-order valence-corrected chi connectivity index (χ0v) is 14.1. The lowest BCUT2D eigenvalue weighted by Gasteiger charge is -2.35. The van der Waals surface area contributed by atoms with E-state index in [0.717, 1.165) is 25.8 Å². The number of nitrogens with zero attached hydrogens (tertiary/aromatic N) is 1. The fraction of sp³-hybridized carbons (Fsp3) is 0.562. The maximum atomic E-state index is 12.8. The minimum absolute atomic E-state index is 0. The number of halogens is 1. The van der Waals surface area contributed by atoms with E-state index in [1.165, 1.54) is 0 Å². The summed E-state index contributed by atoms with van der Waals surface area (Å²) in [5, 5.41) is 0. The van der Waals surface area contributed by atoms with Gasteiger partial charge >= 0.3 is 0 Å². The van der Waals surface area contributed by atoms with Crippen LogP contribution < -0.4 is 19.9 Å². The highest BCUT2D eigenvalue weighted by Gasteiger charge is 2.28. The molecule has 23 heavy (non-hydrogen) atoms. The molecule has 1 unspecified atom stereocenters. The van der Waals surface area contributed by atoms with Crippen LogP contribution in [0.1, 0.15) is 29.6 Å². The highest BCUT2D eigenvalue weighted by Crippen LogP contribution is 2.40. The van der Waals surface area contributed by atoms with Crippen molar-refractivity contribution in [2.24, 2.45) is 5.73 Å². The molecule has 1 amide bonds. The van der Waals surface area contributed by atoms with Crippen LogP contribution in [-0.4, -0.2) is 50.3 Å². The number of hydrogen-bond donors (Lipinski definition) is 1. The number of rotatable bonds is 3. The largest absolute Gasteiger partial charge is 0.493 e. The zero-order chi connectivity index (χ0) is 15.5. The Morgan fingerprint density at radius 2 is 2.13 bits per heavy atom. The molecule has 0 radical (unpaired) electrons. The van der Waals surface area contributed by atoms with E-state index >= 15 is 0 Å². The Morgan fingerprint density at radius 3 is 2.87 bits per heavy atom. The number of piperidine rings is 1. The summed E-state index contributed by atoms with van der Waals surface area (Å²) in [6.07, 6.45) is 3.10. The van der Waals surface area contributed by atoms with Gasteiger partial charge in [-0.2, -0.15) is 0 Å². The Bertz CT molecular complexity index is 550. The molecule has 128 valence electrons. The average molecular weight is 343 g/mol. The number of carbonyl (C=O) groups is 1. The standard InChI is InChI=1S/C16H22N2O4.ClH/c1-20-13-8-11(9-14-15(13)22-7-6-21-14)16(19)18-5-3-2-4-12(18)10-17;/h8-9,12H,2-7,10,17H2,1H3;1H. The van der Waals surface area contributed by atoms with Crippen molar-refractivity contribution in [2.75, 3.05) is 33.4 Å². The van der Waals surface area contributed by atoms with Crippen molar-refractivity contribution < 1.29 is 19.0 Å². The lowest BCUT2D eigenvalue weighted by molar-refractivity contribution is 0.0621. The summed E-state index contributed by atoms with van der Waals surface area (Å²) in [4.78, 5) is 14.7. The summed E-state index contributed by atoms with van der Waals surface area (Å²) >= 11 is 0. The first-order valence-corrected chi connectivity index (χ1v) is 7.73. The van der Waals surface area contributed by atoms with Gasteiger partial charge in [-0.1, -0.05) is 0 Å². The minimum atomic E-state index is -0.0228. The van der Waals surface area contributed by atoms with Crippen molar-refractivity contribution in [1.82, 2.24) is 4.90 Å². The molecule has 0 aromatic heterocycles. The van der Waals surface area contributed by atoms with E-state index in [9.17, 15) is 4.79 Å². The van der Waals surface area contributed by atoms with Crippen LogP contribution in [0, 0.1) is 0 Å². The summed E-state index contributed by atoms with van der Waals surface area (Å²) in [6.45, 7) is 2.20. The Morgan fingerprint density at radius 1 is 1.35 bits per heavy atom. The van der Waals surface area contributed by atoms with Crippen molar-refractivity contribution in [3.8, 4) is 17.2 Å². The maximum Gasteiger partial charge on any atom is 0.254 e. The molecule has 6 nitrogen and oxygen atoms in total. The lowest BCUT2D eigenvalue weighted by atomic mass is 10.0. The molecule has 2 heterocycles. The second kappa shape index (κ2) is 7.75. The maximum absolute atomic E-state index is 12.8. The van der Waals surface area contributed by atoms with E-state index in [2.05, 4.69) is 0 Å². The summed E-state index contributed by atoms with van der Waals surface area (Å²) in [6, 6.07) is 3.57. The Kier molecular flexibility index (Phi) is 5.96. The molecule has 0 aliphatic carbocycles. The van der Waals surface area contributed by atoms with Crippen molar-refractivity contribution in [2.45, 2.75) is 25.3 Å². The van der Waals surface area contributed by atoms with Gasteiger partial charge in [0.1, 0.15) is 13.2 Å².